The van der Waals surface area contributed by atoms with Gasteiger partial charge in [-0.15, -0.1) is 6.42 Å². The highest BCUT2D eigenvalue weighted by atomic mass is 32.2. The molecular weight excluding hydrogens is 230 g/mol. The van der Waals surface area contributed by atoms with Crippen molar-refractivity contribution >= 4 is 16.0 Å². The summed E-state index contributed by atoms with van der Waals surface area (Å²) in [5.74, 6) is 1.24. The fourth-order valence-electron chi connectivity index (χ4n) is 1.30. The molecule has 0 amide bonds. The molecule has 0 heterocycles. The van der Waals surface area contributed by atoms with Gasteiger partial charge in [0.2, 0.25) is 10.0 Å². The van der Waals surface area contributed by atoms with Gasteiger partial charge in [-0.05, 0) is 25.7 Å². The summed E-state index contributed by atoms with van der Waals surface area (Å²) in [7, 11) is -3.83. The summed E-state index contributed by atoms with van der Waals surface area (Å²) >= 11 is 0. The van der Waals surface area contributed by atoms with E-state index in [1.165, 1.54) is 0 Å². The molecule has 1 atom stereocenters. The normalized spacial score (nSPS) is 18.1. The van der Waals surface area contributed by atoms with Gasteiger partial charge in [0.1, 0.15) is 0 Å². The van der Waals surface area contributed by atoms with Crippen molar-refractivity contribution in [2.45, 2.75) is 25.0 Å². The molecule has 1 unspecified atom stereocenters. The van der Waals surface area contributed by atoms with Gasteiger partial charge in [0, 0.05) is 6.54 Å². The van der Waals surface area contributed by atoms with E-state index in [0.29, 0.717) is 12.5 Å². The van der Waals surface area contributed by atoms with Gasteiger partial charge in [-0.25, -0.2) is 8.42 Å². The van der Waals surface area contributed by atoms with Gasteiger partial charge >= 0.3 is 5.97 Å². The molecule has 16 heavy (non-hydrogen) atoms. The monoisotopic (exact) mass is 245 g/mol. The summed E-state index contributed by atoms with van der Waals surface area (Å²) in [6.07, 6.45) is 7.06. The number of terminal acetylenes is 1. The zero-order valence-corrected chi connectivity index (χ0v) is 9.90. The van der Waals surface area contributed by atoms with E-state index in [2.05, 4.69) is 5.92 Å². The number of sulfonamides is 1. The van der Waals surface area contributed by atoms with Crippen molar-refractivity contribution in [3.63, 3.8) is 0 Å². The van der Waals surface area contributed by atoms with Crippen LogP contribution < -0.4 is 0 Å². The highest BCUT2D eigenvalue weighted by molar-refractivity contribution is 7.90. The average molecular weight is 245 g/mol. The van der Waals surface area contributed by atoms with Crippen LogP contribution in [0.4, 0.5) is 0 Å². The van der Waals surface area contributed by atoms with Crippen LogP contribution in [0.1, 0.15) is 19.8 Å². The number of hydrogen-bond acceptors (Lipinski definition) is 3. The lowest BCUT2D eigenvalue weighted by atomic mass is 10.4. The van der Waals surface area contributed by atoms with Crippen LogP contribution in [0.25, 0.3) is 0 Å². The van der Waals surface area contributed by atoms with E-state index in [9.17, 15) is 13.2 Å². The van der Waals surface area contributed by atoms with Gasteiger partial charge in [-0.1, -0.05) is 5.92 Å². The first-order chi connectivity index (χ1) is 7.39. The molecule has 1 saturated carbocycles. The third kappa shape index (κ3) is 2.97. The topological polar surface area (TPSA) is 74.7 Å². The predicted molar refractivity (Wildman–Crippen MR) is 59.1 cm³/mol. The number of carbonyl (C=O) groups is 1. The summed E-state index contributed by atoms with van der Waals surface area (Å²) in [4.78, 5) is 10.7. The zero-order chi connectivity index (χ0) is 12.3. The van der Waals surface area contributed by atoms with Crippen molar-refractivity contribution in [2.24, 2.45) is 5.92 Å². The Morgan fingerprint density at radius 2 is 2.19 bits per heavy atom. The second kappa shape index (κ2) is 4.85. The third-order valence-electron chi connectivity index (χ3n) is 2.58. The molecular formula is C10H15NO4S. The molecule has 6 heteroatoms. The van der Waals surface area contributed by atoms with Gasteiger partial charge in [0.15, 0.2) is 5.25 Å². The van der Waals surface area contributed by atoms with E-state index < -0.39 is 21.2 Å². The van der Waals surface area contributed by atoms with E-state index >= 15 is 0 Å². The molecule has 0 spiro atoms. The van der Waals surface area contributed by atoms with Crippen LogP contribution in [-0.4, -0.2) is 42.1 Å². The van der Waals surface area contributed by atoms with Crippen molar-refractivity contribution in [1.29, 1.82) is 0 Å². The smallest absolute Gasteiger partial charge is 0.323 e. The quantitative estimate of drug-likeness (QED) is 0.675. The molecule has 1 fully saturated rings. The average Bonchev–Trinajstić information content (AvgIpc) is 2.99. The number of carboxylic acid groups (broad SMARTS) is 1. The molecule has 0 radical (unpaired) electrons. The number of aliphatic carboxylic acids is 1. The second-order valence-corrected chi connectivity index (χ2v) is 6.22. The summed E-state index contributed by atoms with van der Waals surface area (Å²) in [6, 6.07) is 0. The van der Waals surface area contributed by atoms with E-state index in [0.717, 1.165) is 24.1 Å². The van der Waals surface area contributed by atoms with Crippen LogP contribution in [0.2, 0.25) is 0 Å². The fraction of sp³-hybridized carbons (Fsp3) is 0.700. The molecule has 0 bridgehead atoms. The van der Waals surface area contributed by atoms with Crippen LogP contribution in [0.3, 0.4) is 0 Å². The van der Waals surface area contributed by atoms with Crippen LogP contribution in [0.15, 0.2) is 0 Å². The van der Waals surface area contributed by atoms with E-state index in [1.54, 1.807) is 0 Å². The van der Waals surface area contributed by atoms with Crippen LogP contribution in [0, 0.1) is 18.3 Å². The molecule has 5 nitrogen and oxygen atoms in total. The summed E-state index contributed by atoms with van der Waals surface area (Å²) in [5.41, 5.74) is 0. The van der Waals surface area contributed by atoms with Crippen molar-refractivity contribution in [3.05, 3.63) is 0 Å². The first kappa shape index (κ1) is 13.0. The van der Waals surface area contributed by atoms with Crippen molar-refractivity contribution in [1.82, 2.24) is 4.31 Å². The fourth-order valence-corrected chi connectivity index (χ4v) is 2.67. The molecule has 0 aromatic carbocycles. The number of nitrogens with zero attached hydrogens (tertiary/aromatic N) is 1. The zero-order valence-electron chi connectivity index (χ0n) is 9.09. The first-order valence-corrected chi connectivity index (χ1v) is 6.55. The van der Waals surface area contributed by atoms with Crippen LogP contribution >= 0.6 is 0 Å². The minimum Gasteiger partial charge on any atom is -0.480 e. The van der Waals surface area contributed by atoms with Crippen molar-refractivity contribution in [3.8, 4) is 12.3 Å². The molecule has 1 aliphatic rings. The second-order valence-electron chi connectivity index (χ2n) is 3.97. The summed E-state index contributed by atoms with van der Waals surface area (Å²) < 4.78 is 24.9. The Morgan fingerprint density at radius 1 is 1.62 bits per heavy atom. The highest BCUT2D eigenvalue weighted by Gasteiger charge is 2.36. The molecule has 1 N–H and O–H groups in total. The van der Waals surface area contributed by atoms with Gasteiger partial charge in [-0.3, -0.25) is 4.79 Å². The summed E-state index contributed by atoms with van der Waals surface area (Å²) in [6.45, 7) is 1.44. The van der Waals surface area contributed by atoms with Gasteiger partial charge in [0.25, 0.3) is 0 Å². The van der Waals surface area contributed by atoms with Crippen molar-refractivity contribution < 1.29 is 18.3 Å². The maximum Gasteiger partial charge on any atom is 0.323 e. The van der Waals surface area contributed by atoms with Gasteiger partial charge in [-0.2, -0.15) is 4.31 Å². The first-order valence-electron chi connectivity index (χ1n) is 5.04. The Labute approximate surface area is 95.5 Å². The largest absolute Gasteiger partial charge is 0.480 e. The van der Waals surface area contributed by atoms with E-state index in [4.69, 9.17) is 11.5 Å². The standard InChI is InChI=1S/C10H15NO4S/c1-3-6-11(7-9-4-5-9)16(14,15)8(2)10(12)13/h1,8-9H,4-7H2,2H3,(H,12,13). The van der Waals surface area contributed by atoms with Gasteiger partial charge in [0.05, 0.1) is 6.54 Å². The predicted octanol–water partition coefficient (Wildman–Crippen LogP) is 0.135. The maximum absolute atomic E-state index is 11.9. The molecule has 1 rings (SSSR count). The molecule has 0 aliphatic heterocycles. The summed E-state index contributed by atoms with van der Waals surface area (Å²) in [5, 5.41) is 7.28. The highest BCUT2D eigenvalue weighted by Crippen LogP contribution is 2.30. The van der Waals surface area contributed by atoms with Crippen LogP contribution in [-0.2, 0) is 14.8 Å². The SMILES string of the molecule is C#CCN(CC1CC1)S(=O)(=O)C(C)C(=O)O. The Balaban J connectivity index is 2.82. The van der Waals surface area contributed by atoms with E-state index in [-0.39, 0.29) is 6.54 Å². The van der Waals surface area contributed by atoms with Crippen LogP contribution in [0.5, 0.6) is 0 Å². The molecule has 90 valence electrons. The third-order valence-corrected chi connectivity index (χ3v) is 4.67. The lowest BCUT2D eigenvalue weighted by Gasteiger charge is -2.21. The number of rotatable bonds is 6. The molecule has 0 aromatic heterocycles. The Hall–Kier alpha value is -1.06. The minimum atomic E-state index is -3.83. The molecule has 0 saturated heterocycles. The molecule has 1 aliphatic carbocycles. The Kier molecular flexibility index (Phi) is 3.94. The minimum absolute atomic E-state index is 0.0591. The Morgan fingerprint density at radius 3 is 2.56 bits per heavy atom. The number of hydrogen-bond donors (Lipinski definition) is 1. The lowest BCUT2D eigenvalue weighted by molar-refractivity contribution is -0.136. The maximum atomic E-state index is 11.9. The van der Waals surface area contributed by atoms with Crippen molar-refractivity contribution in [2.75, 3.05) is 13.1 Å². The molecule has 0 aromatic rings. The van der Waals surface area contributed by atoms with Gasteiger partial charge < -0.3 is 5.11 Å². The van der Waals surface area contributed by atoms with E-state index in [1.807, 2.05) is 0 Å². The number of carboxylic acids is 1. The Bertz CT molecular complexity index is 405. The lowest BCUT2D eigenvalue weighted by Crippen LogP contribution is -2.42.